The average molecular weight is 432 g/mol. The lowest BCUT2D eigenvalue weighted by atomic mass is 9.96. The van der Waals surface area contributed by atoms with E-state index in [-0.39, 0.29) is 11.5 Å². The fraction of sp³-hybridized carbons (Fsp3) is 0.240. The van der Waals surface area contributed by atoms with Crippen molar-refractivity contribution in [2.24, 2.45) is 5.10 Å². The SMILES string of the molecule is COc1cc(C)c(-c2nc3ccccc3c(=O)n2N=Cc2sccc2C)cc1C(C)C. The highest BCUT2D eigenvalue weighted by atomic mass is 32.1. The zero-order chi connectivity index (χ0) is 22.1. The Labute approximate surface area is 185 Å². The predicted octanol–water partition coefficient (Wildman–Crippen LogP) is 5.76. The molecule has 2 aromatic carbocycles. The van der Waals surface area contributed by atoms with Gasteiger partial charge in [-0.15, -0.1) is 11.3 Å². The Morgan fingerprint density at radius 3 is 2.58 bits per heavy atom. The maximum atomic E-state index is 13.4. The molecule has 2 aromatic heterocycles. The first-order valence-corrected chi connectivity index (χ1v) is 11.1. The molecule has 0 unspecified atom stereocenters. The van der Waals surface area contributed by atoms with Crippen LogP contribution in [-0.4, -0.2) is 23.0 Å². The van der Waals surface area contributed by atoms with Gasteiger partial charge in [0.25, 0.3) is 5.56 Å². The number of aryl methyl sites for hydroxylation is 2. The second-order valence-electron chi connectivity index (χ2n) is 7.85. The topological polar surface area (TPSA) is 56.5 Å². The molecule has 4 aromatic rings. The molecule has 0 atom stereocenters. The number of aromatic nitrogens is 2. The minimum atomic E-state index is -0.188. The summed E-state index contributed by atoms with van der Waals surface area (Å²) in [6.45, 7) is 8.27. The van der Waals surface area contributed by atoms with Crippen molar-refractivity contribution in [3.05, 3.63) is 79.8 Å². The van der Waals surface area contributed by atoms with Crippen molar-refractivity contribution < 1.29 is 4.74 Å². The largest absolute Gasteiger partial charge is 0.496 e. The molecule has 0 aliphatic carbocycles. The van der Waals surface area contributed by atoms with E-state index >= 15 is 0 Å². The van der Waals surface area contributed by atoms with Crippen molar-refractivity contribution in [3.8, 4) is 17.1 Å². The molecule has 2 heterocycles. The van der Waals surface area contributed by atoms with E-state index in [9.17, 15) is 4.79 Å². The number of hydrogen-bond donors (Lipinski definition) is 0. The molecule has 0 saturated heterocycles. The molecule has 0 spiro atoms. The Bertz CT molecular complexity index is 1350. The van der Waals surface area contributed by atoms with Crippen molar-refractivity contribution >= 4 is 28.5 Å². The van der Waals surface area contributed by atoms with Crippen LogP contribution in [0.1, 0.15) is 41.3 Å². The Morgan fingerprint density at radius 1 is 1.13 bits per heavy atom. The summed E-state index contributed by atoms with van der Waals surface area (Å²) in [5.41, 5.74) is 4.50. The van der Waals surface area contributed by atoms with Crippen molar-refractivity contribution in [1.29, 1.82) is 0 Å². The van der Waals surface area contributed by atoms with Crippen molar-refractivity contribution in [3.63, 3.8) is 0 Å². The van der Waals surface area contributed by atoms with E-state index in [0.717, 1.165) is 32.9 Å². The van der Waals surface area contributed by atoms with Gasteiger partial charge >= 0.3 is 0 Å². The van der Waals surface area contributed by atoms with Gasteiger partial charge in [-0.25, -0.2) is 4.98 Å². The third-order valence-corrected chi connectivity index (χ3v) is 6.34. The van der Waals surface area contributed by atoms with Gasteiger partial charge in [0, 0.05) is 5.56 Å². The molecule has 0 bridgehead atoms. The zero-order valence-corrected chi connectivity index (χ0v) is 19.2. The predicted molar refractivity (Wildman–Crippen MR) is 129 cm³/mol. The number of nitrogens with zero attached hydrogens (tertiary/aromatic N) is 3. The normalized spacial score (nSPS) is 11.7. The Morgan fingerprint density at radius 2 is 1.90 bits per heavy atom. The molecular weight excluding hydrogens is 406 g/mol. The molecule has 0 fully saturated rings. The summed E-state index contributed by atoms with van der Waals surface area (Å²) in [6.07, 6.45) is 1.74. The number of rotatable bonds is 5. The van der Waals surface area contributed by atoms with Gasteiger partial charge < -0.3 is 4.74 Å². The molecule has 0 amide bonds. The number of thiophene rings is 1. The van der Waals surface area contributed by atoms with Crippen LogP contribution in [0.25, 0.3) is 22.3 Å². The summed E-state index contributed by atoms with van der Waals surface area (Å²) >= 11 is 1.59. The maximum absolute atomic E-state index is 13.4. The van der Waals surface area contributed by atoms with Gasteiger partial charge in [0.2, 0.25) is 0 Å². The number of fused-ring (bicyclic) bond motifs is 1. The lowest BCUT2D eigenvalue weighted by Gasteiger charge is -2.17. The summed E-state index contributed by atoms with van der Waals surface area (Å²) < 4.78 is 7.01. The van der Waals surface area contributed by atoms with Crippen LogP contribution in [0.2, 0.25) is 0 Å². The summed E-state index contributed by atoms with van der Waals surface area (Å²) in [5, 5.41) is 7.15. The van der Waals surface area contributed by atoms with Gasteiger partial charge in [-0.2, -0.15) is 9.78 Å². The summed E-state index contributed by atoms with van der Waals surface area (Å²) in [6, 6.07) is 13.5. The van der Waals surface area contributed by atoms with Crippen molar-refractivity contribution in [1.82, 2.24) is 9.66 Å². The highest BCUT2D eigenvalue weighted by Gasteiger charge is 2.18. The monoisotopic (exact) mass is 431 g/mol. The van der Waals surface area contributed by atoms with Crippen molar-refractivity contribution in [2.75, 3.05) is 7.11 Å². The van der Waals surface area contributed by atoms with E-state index in [2.05, 4.69) is 25.0 Å². The third kappa shape index (κ3) is 3.91. The summed E-state index contributed by atoms with van der Waals surface area (Å²) in [4.78, 5) is 19.3. The molecule has 4 rings (SSSR count). The Balaban J connectivity index is 2.02. The summed E-state index contributed by atoms with van der Waals surface area (Å²) in [7, 11) is 1.68. The number of hydrogen-bond acceptors (Lipinski definition) is 5. The van der Waals surface area contributed by atoms with E-state index in [4.69, 9.17) is 9.72 Å². The molecule has 0 aliphatic rings. The lowest BCUT2D eigenvalue weighted by Crippen LogP contribution is -2.20. The van der Waals surface area contributed by atoms with Crippen LogP contribution < -0.4 is 10.3 Å². The van der Waals surface area contributed by atoms with Crippen LogP contribution in [-0.2, 0) is 0 Å². The second kappa shape index (κ2) is 8.47. The number of methoxy groups -OCH3 is 1. The first-order chi connectivity index (χ1) is 14.9. The molecular formula is C25H25N3O2S. The smallest absolute Gasteiger partial charge is 0.282 e. The minimum Gasteiger partial charge on any atom is -0.496 e. The van der Waals surface area contributed by atoms with Gasteiger partial charge in [0.15, 0.2) is 5.82 Å². The quantitative estimate of drug-likeness (QED) is 0.378. The van der Waals surface area contributed by atoms with Gasteiger partial charge in [-0.3, -0.25) is 4.79 Å². The molecule has 31 heavy (non-hydrogen) atoms. The van der Waals surface area contributed by atoms with Gasteiger partial charge in [-0.05, 0) is 72.2 Å². The number of ether oxygens (including phenoxy) is 1. The highest BCUT2D eigenvalue weighted by molar-refractivity contribution is 7.11. The van der Waals surface area contributed by atoms with Crippen LogP contribution in [0.15, 0.2) is 57.7 Å². The number of para-hydroxylation sites is 1. The van der Waals surface area contributed by atoms with E-state index < -0.39 is 0 Å². The van der Waals surface area contributed by atoms with Crippen LogP contribution >= 0.6 is 11.3 Å². The molecule has 0 aliphatic heterocycles. The van der Waals surface area contributed by atoms with Crippen LogP contribution in [0, 0.1) is 13.8 Å². The average Bonchev–Trinajstić information content (AvgIpc) is 3.17. The molecule has 0 N–H and O–H groups in total. The molecule has 0 saturated carbocycles. The van der Waals surface area contributed by atoms with E-state index in [1.54, 1.807) is 30.7 Å². The molecule has 158 valence electrons. The Hall–Kier alpha value is -3.25. The highest BCUT2D eigenvalue weighted by Crippen LogP contribution is 2.34. The van der Waals surface area contributed by atoms with Crippen LogP contribution in [0.5, 0.6) is 5.75 Å². The Kier molecular flexibility index (Phi) is 5.74. The fourth-order valence-corrected chi connectivity index (χ4v) is 4.38. The second-order valence-corrected chi connectivity index (χ2v) is 8.79. The zero-order valence-electron chi connectivity index (χ0n) is 18.3. The maximum Gasteiger partial charge on any atom is 0.282 e. The number of benzene rings is 2. The van der Waals surface area contributed by atoms with Crippen molar-refractivity contribution in [2.45, 2.75) is 33.6 Å². The van der Waals surface area contributed by atoms with Gasteiger partial charge in [0.05, 0.1) is 29.1 Å². The van der Waals surface area contributed by atoms with E-state index in [1.807, 2.05) is 49.6 Å². The molecule has 5 nitrogen and oxygen atoms in total. The third-order valence-electron chi connectivity index (χ3n) is 5.39. The van der Waals surface area contributed by atoms with E-state index in [0.29, 0.717) is 16.7 Å². The van der Waals surface area contributed by atoms with Gasteiger partial charge in [0.1, 0.15) is 5.75 Å². The van der Waals surface area contributed by atoms with Crippen LogP contribution in [0.4, 0.5) is 0 Å². The van der Waals surface area contributed by atoms with Crippen LogP contribution in [0.3, 0.4) is 0 Å². The molecule has 0 radical (unpaired) electrons. The standard InChI is InChI=1S/C25H25N3O2S/c1-15(2)19-13-20(17(4)12-22(19)30-5)24-27-21-9-7-6-8-18(21)25(29)28(24)26-14-23-16(3)10-11-31-23/h6-15H,1-5H3. The first kappa shape index (κ1) is 21.0. The first-order valence-electron chi connectivity index (χ1n) is 10.2. The summed E-state index contributed by atoms with van der Waals surface area (Å²) in [5.74, 6) is 1.62. The lowest BCUT2D eigenvalue weighted by molar-refractivity contribution is 0.407. The van der Waals surface area contributed by atoms with E-state index in [1.165, 1.54) is 4.68 Å². The molecule has 6 heteroatoms. The van der Waals surface area contributed by atoms with Gasteiger partial charge in [-0.1, -0.05) is 26.0 Å². The fourth-order valence-electron chi connectivity index (χ4n) is 3.60. The minimum absolute atomic E-state index is 0.188.